The van der Waals surface area contributed by atoms with Crippen molar-refractivity contribution in [2.24, 2.45) is 16.8 Å². The maximum Gasteiger partial charge on any atom is 0.249 e. The Bertz CT molecular complexity index is 384. The molecule has 1 aliphatic carbocycles. The van der Waals surface area contributed by atoms with Crippen molar-refractivity contribution in [2.45, 2.75) is 69.9 Å². The molecule has 2 aliphatic rings. The fourth-order valence-electron chi connectivity index (χ4n) is 3.38. The normalized spacial score (nSPS) is 34.4. The number of carbonyl (C=O) groups excluding carboxylic acids is 1. The summed E-state index contributed by atoms with van der Waals surface area (Å²) in [6.45, 7) is 2.81. The van der Waals surface area contributed by atoms with E-state index in [9.17, 15) is 4.79 Å². The van der Waals surface area contributed by atoms with Gasteiger partial charge in [-0.15, -0.1) is 0 Å². The van der Waals surface area contributed by atoms with E-state index in [-0.39, 0.29) is 11.7 Å². The summed E-state index contributed by atoms with van der Waals surface area (Å²) in [4.78, 5) is 12.4. The molecule has 1 heterocycles. The van der Waals surface area contributed by atoms with Crippen molar-refractivity contribution in [3.05, 3.63) is 0 Å². The molecule has 1 amide bonds. The maximum atomic E-state index is 12.4. The van der Waals surface area contributed by atoms with Crippen molar-refractivity contribution < 1.29 is 14.7 Å². The minimum absolute atomic E-state index is 0.112. The molecule has 0 spiro atoms. The molecule has 1 atom stereocenters. The quantitative estimate of drug-likeness (QED) is 0.319. The summed E-state index contributed by atoms with van der Waals surface area (Å²) in [5.41, 5.74) is 5.18. The van der Waals surface area contributed by atoms with Crippen LogP contribution in [0.1, 0.15) is 58.3 Å². The number of oxime groups is 1. The number of hydrogen-bond donors (Lipinski definition) is 3. The molecular weight excluding hydrogens is 270 g/mol. The molecule has 2 fully saturated rings. The number of nitrogens with one attached hydrogen (secondary N) is 1. The van der Waals surface area contributed by atoms with Crippen molar-refractivity contribution in [1.82, 2.24) is 5.32 Å². The zero-order chi connectivity index (χ0) is 15.3. The van der Waals surface area contributed by atoms with Gasteiger partial charge < -0.3 is 21.0 Å². The van der Waals surface area contributed by atoms with Crippen LogP contribution in [0.2, 0.25) is 0 Å². The Kier molecular flexibility index (Phi) is 5.45. The SMILES string of the molecule is CCC1CCC(NC(=O)C2CCCCO2)(C(N)=NO)CC1. The molecule has 1 saturated heterocycles. The summed E-state index contributed by atoms with van der Waals surface area (Å²) >= 11 is 0. The molecule has 2 rings (SSSR count). The molecule has 1 unspecified atom stereocenters. The average molecular weight is 297 g/mol. The molecule has 6 nitrogen and oxygen atoms in total. The predicted molar refractivity (Wildman–Crippen MR) is 80.1 cm³/mol. The molecule has 4 N–H and O–H groups in total. The Morgan fingerprint density at radius 2 is 2.10 bits per heavy atom. The molecule has 0 aromatic carbocycles. The molecule has 1 aliphatic heterocycles. The topological polar surface area (TPSA) is 96.9 Å². The van der Waals surface area contributed by atoms with Crippen LogP contribution in [0.3, 0.4) is 0 Å². The maximum absolute atomic E-state index is 12.4. The standard InChI is InChI=1S/C15H27N3O3/c1-2-11-6-8-15(9-7-11,14(16)18-20)17-13(19)12-5-3-4-10-21-12/h11-12,20H,2-10H2,1H3,(H2,16,18)(H,17,19). The number of nitrogens with two attached hydrogens (primary N) is 1. The first-order valence-corrected chi connectivity index (χ1v) is 8.03. The van der Waals surface area contributed by atoms with Crippen molar-refractivity contribution >= 4 is 11.7 Å². The third kappa shape index (κ3) is 3.67. The van der Waals surface area contributed by atoms with Crippen molar-refractivity contribution in [2.75, 3.05) is 6.61 Å². The second-order valence-corrected chi connectivity index (χ2v) is 6.26. The van der Waals surface area contributed by atoms with Gasteiger partial charge >= 0.3 is 0 Å². The van der Waals surface area contributed by atoms with Crippen LogP contribution in [0.4, 0.5) is 0 Å². The van der Waals surface area contributed by atoms with Gasteiger partial charge in [0.05, 0.1) is 0 Å². The predicted octanol–water partition coefficient (Wildman–Crippen LogP) is 1.76. The van der Waals surface area contributed by atoms with Gasteiger partial charge in [-0.3, -0.25) is 4.79 Å². The van der Waals surface area contributed by atoms with E-state index in [1.54, 1.807) is 0 Å². The van der Waals surface area contributed by atoms with Gasteiger partial charge in [0.1, 0.15) is 11.6 Å². The first-order chi connectivity index (χ1) is 10.1. The Labute approximate surface area is 126 Å². The van der Waals surface area contributed by atoms with E-state index in [1.165, 1.54) is 0 Å². The van der Waals surface area contributed by atoms with Gasteiger partial charge in [0.25, 0.3) is 0 Å². The van der Waals surface area contributed by atoms with Crippen LogP contribution in [0, 0.1) is 5.92 Å². The van der Waals surface area contributed by atoms with Crippen molar-refractivity contribution in [3.8, 4) is 0 Å². The smallest absolute Gasteiger partial charge is 0.249 e. The number of amidine groups is 1. The highest BCUT2D eigenvalue weighted by Crippen LogP contribution is 2.34. The van der Waals surface area contributed by atoms with E-state index >= 15 is 0 Å². The number of carbonyl (C=O) groups is 1. The van der Waals surface area contributed by atoms with E-state index in [1.807, 2.05) is 0 Å². The third-order valence-corrected chi connectivity index (χ3v) is 4.97. The number of ether oxygens (including phenoxy) is 1. The minimum atomic E-state index is -0.710. The van der Waals surface area contributed by atoms with E-state index < -0.39 is 11.6 Å². The van der Waals surface area contributed by atoms with Crippen LogP contribution < -0.4 is 11.1 Å². The lowest BCUT2D eigenvalue weighted by atomic mass is 9.74. The second-order valence-electron chi connectivity index (χ2n) is 6.26. The Morgan fingerprint density at radius 1 is 1.38 bits per heavy atom. The van der Waals surface area contributed by atoms with E-state index in [2.05, 4.69) is 17.4 Å². The minimum Gasteiger partial charge on any atom is -0.409 e. The molecule has 1 saturated carbocycles. The largest absolute Gasteiger partial charge is 0.409 e. The summed E-state index contributed by atoms with van der Waals surface area (Å²) in [5.74, 6) is 0.643. The van der Waals surface area contributed by atoms with Crippen LogP contribution in [-0.4, -0.2) is 35.2 Å². The van der Waals surface area contributed by atoms with Crippen LogP contribution >= 0.6 is 0 Å². The molecule has 0 radical (unpaired) electrons. The van der Waals surface area contributed by atoms with Crippen LogP contribution in [-0.2, 0) is 9.53 Å². The molecule has 6 heteroatoms. The number of hydrogen-bond acceptors (Lipinski definition) is 4. The molecule has 0 aromatic heterocycles. The van der Waals surface area contributed by atoms with Crippen LogP contribution in [0.5, 0.6) is 0 Å². The van der Waals surface area contributed by atoms with Crippen LogP contribution in [0.25, 0.3) is 0 Å². The first kappa shape index (κ1) is 16.1. The third-order valence-electron chi connectivity index (χ3n) is 4.97. The molecule has 0 aromatic rings. The first-order valence-electron chi connectivity index (χ1n) is 8.03. The Morgan fingerprint density at radius 3 is 2.62 bits per heavy atom. The highest BCUT2D eigenvalue weighted by atomic mass is 16.5. The average Bonchev–Trinajstić information content (AvgIpc) is 2.55. The zero-order valence-corrected chi connectivity index (χ0v) is 12.8. The van der Waals surface area contributed by atoms with Gasteiger partial charge in [-0.2, -0.15) is 0 Å². The fourth-order valence-corrected chi connectivity index (χ4v) is 3.38. The number of rotatable bonds is 4. The molecule has 120 valence electrons. The van der Waals surface area contributed by atoms with E-state index in [0.717, 1.165) is 51.4 Å². The van der Waals surface area contributed by atoms with Crippen LogP contribution in [0.15, 0.2) is 5.16 Å². The second kappa shape index (κ2) is 7.11. The van der Waals surface area contributed by atoms with Gasteiger partial charge in [-0.1, -0.05) is 18.5 Å². The lowest BCUT2D eigenvalue weighted by molar-refractivity contribution is -0.137. The zero-order valence-electron chi connectivity index (χ0n) is 12.8. The number of amides is 1. The Balaban J connectivity index is 2.04. The van der Waals surface area contributed by atoms with Gasteiger partial charge in [-0.05, 0) is 50.9 Å². The molecule has 21 heavy (non-hydrogen) atoms. The van der Waals surface area contributed by atoms with Gasteiger partial charge in [0.2, 0.25) is 5.91 Å². The lowest BCUT2D eigenvalue weighted by Gasteiger charge is -2.40. The van der Waals surface area contributed by atoms with Crippen molar-refractivity contribution in [1.29, 1.82) is 0 Å². The Hall–Kier alpha value is -1.30. The summed E-state index contributed by atoms with van der Waals surface area (Å²) < 4.78 is 5.53. The molecule has 0 bridgehead atoms. The summed E-state index contributed by atoms with van der Waals surface area (Å²) in [5, 5.41) is 15.3. The van der Waals surface area contributed by atoms with E-state index in [0.29, 0.717) is 12.5 Å². The van der Waals surface area contributed by atoms with Gasteiger partial charge in [0, 0.05) is 6.61 Å². The lowest BCUT2D eigenvalue weighted by Crippen LogP contribution is -2.61. The summed E-state index contributed by atoms with van der Waals surface area (Å²) in [6, 6.07) is 0. The summed E-state index contributed by atoms with van der Waals surface area (Å²) in [7, 11) is 0. The number of nitrogens with zero attached hydrogens (tertiary/aromatic N) is 1. The fraction of sp³-hybridized carbons (Fsp3) is 0.867. The van der Waals surface area contributed by atoms with E-state index in [4.69, 9.17) is 15.7 Å². The molecular formula is C15H27N3O3. The van der Waals surface area contributed by atoms with Gasteiger partial charge in [0.15, 0.2) is 5.84 Å². The van der Waals surface area contributed by atoms with Gasteiger partial charge in [-0.25, -0.2) is 0 Å². The monoisotopic (exact) mass is 297 g/mol. The highest BCUT2D eigenvalue weighted by Gasteiger charge is 2.41. The highest BCUT2D eigenvalue weighted by molar-refractivity contribution is 5.95. The summed E-state index contributed by atoms with van der Waals surface area (Å²) in [6.07, 6.45) is 6.91. The van der Waals surface area contributed by atoms with Crippen molar-refractivity contribution in [3.63, 3.8) is 0 Å².